The molecule has 1 heterocycles. The van der Waals surface area contributed by atoms with Crippen LogP contribution in [0, 0.1) is 6.92 Å². The van der Waals surface area contributed by atoms with E-state index < -0.39 is 18.0 Å². The smallest absolute Gasteiger partial charge is 0.338 e. The van der Waals surface area contributed by atoms with Gasteiger partial charge < -0.3 is 14.5 Å². The Hall–Kier alpha value is -3.38. The van der Waals surface area contributed by atoms with Crippen LogP contribution in [-0.4, -0.2) is 23.8 Å². The van der Waals surface area contributed by atoms with Crippen LogP contribution in [0.3, 0.4) is 0 Å². The van der Waals surface area contributed by atoms with Gasteiger partial charge in [0.1, 0.15) is 0 Å². The van der Waals surface area contributed by atoms with Gasteiger partial charge in [-0.2, -0.15) is 0 Å². The van der Waals surface area contributed by atoms with Gasteiger partial charge in [-0.1, -0.05) is 17.7 Å². The van der Waals surface area contributed by atoms with Crippen molar-refractivity contribution in [1.82, 2.24) is 0 Å². The fourth-order valence-electron chi connectivity index (χ4n) is 2.61. The number of nitrogens with one attached hydrogen (secondary N) is 1. The minimum absolute atomic E-state index is 0.152. The monoisotopic (exact) mass is 411 g/mol. The molecule has 1 N–H and O–H groups in total. The number of amides is 1. The molecule has 0 saturated carbocycles. The fraction of sp³-hybridized carbons (Fsp3) is 0.136. The van der Waals surface area contributed by atoms with Gasteiger partial charge in [0.15, 0.2) is 11.9 Å². The molecule has 148 valence electrons. The number of rotatable bonds is 6. The number of anilines is 1. The topological polar surface area (TPSA) is 85.6 Å². The first-order valence-electron chi connectivity index (χ1n) is 8.81. The van der Waals surface area contributed by atoms with Crippen LogP contribution in [-0.2, 0) is 4.74 Å². The van der Waals surface area contributed by atoms with Crippen LogP contribution in [0.15, 0.2) is 65.3 Å². The first-order valence-corrected chi connectivity index (χ1v) is 9.19. The number of carbonyl (C=O) groups is 3. The van der Waals surface area contributed by atoms with Crippen molar-refractivity contribution in [3.8, 4) is 0 Å². The summed E-state index contributed by atoms with van der Waals surface area (Å²) >= 11 is 5.82. The maximum Gasteiger partial charge on any atom is 0.338 e. The van der Waals surface area contributed by atoms with E-state index in [-0.39, 0.29) is 17.1 Å². The lowest BCUT2D eigenvalue weighted by Crippen LogP contribution is -2.24. The van der Waals surface area contributed by atoms with E-state index in [9.17, 15) is 14.4 Å². The third-order valence-corrected chi connectivity index (χ3v) is 4.50. The van der Waals surface area contributed by atoms with E-state index in [0.29, 0.717) is 16.3 Å². The van der Waals surface area contributed by atoms with Crippen molar-refractivity contribution in [2.45, 2.75) is 20.0 Å². The summed E-state index contributed by atoms with van der Waals surface area (Å²) in [6.07, 6.45) is 0.417. The fourth-order valence-corrected chi connectivity index (χ4v) is 2.73. The third-order valence-electron chi connectivity index (χ3n) is 4.25. The van der Waals surface area contributed by atoms with Gasteiger partial charge >= 0.3 is 5.97 Å². The van der Waals surface area contributed by atoms with E-state index in [1.54, 1.807) is 49.4 Å². The predicted molar refractivity (Wildman–Crippen MR) is 109 cm³/mol. The number of aryl methyl sites for hydroxylation is 1. The molecule has 7 heteroatoms. The Morgan fingerprint density at radius 3 is 2.38 bits per heavy atom. The van der Waals surface area contributed by atoms with Crippen LogP contribution in [0.1, 0.15) is 43.8 Å². The van der Waals surface area contributed by atoms with E-state index in [4.69, 9.17) is 20.8 Å². The molecular weight excluding hydrogens is 394 g/mol. The zero-order valence-electron chi connectivity index (χ0n) is 15.8. The Labute approximate surface area is 172 Å². The Balaban J connectivity index is 1.71. The Morgan fingerprint density at radius 1 is 1.03 bits per heavy atom. The molecule has 0 radical (unpaired) electrons. The summed E-state index contributed by atoms with van der Waals surface area (Å²) in [6.45, 7) is 3.29. The normalized spacial score (nSPS) is 11.6. The number of Topliss-reactive ketones (excluding diaryl/α,β-unsaturated/α-hetero) is 1. The quantitative estimate of drug-likeness (QED) is 0.459. The van der Waals surface area contributed by atoms with E-state index in [1.807, 2.05) is 0 Å². The highest BCUT2D eigenvalue weighted by atomic mass is 35.5. The number of benzene rings is 2. The summed E-state index contributed by atoms with van der Waals surface area (Å²) in [5, 5.41) is 3.20. The molecule has 3 rings (SSSR count). The maximum atomic E-state index is 12.5. The van der Waals surface area contributed by atoms with Crippen molar-refractivity contribution in [3.05, 3.63) is 88.3 Å². The summed E-state index contributed by atoms with van der Waals surface area (Å²) in [4.78, 5) is 37.1. The summed E-state index contributed by atoms with van der Waals surface area (Å²) in [5.41, 5.74) is 1.80. The molecule has 6 nitrogen and oxygen atoms in total. The van der Waals surface area contributed by atoms with Crippen LogP contribution in [0.2, 0.25) is 5.02 Å². The number of esters is 1. The zero-order valence-corrected chi connectivity index (χ0v) is 16.5. The van der Waals surface area contributed by atoms with Gasteiger partial charge in [0.05, 0.1) is 11.8 Å². The van der Waals surface area contributed by atoms with Gasteiger partial charge in [0.25, 0.3) is 5.91 Å². The molecule has 3 aromatic rings. The molecule has 1 amide bonds. The number of ketones is 1. The molecule has 0 fully saturated rings. The standard InChI is InChI=1S/C22H18ClNO5/c1-13-5-6-16(12-18(13)24-21(26)19-4-3-11-28-19)22(27)29-14(2)20(25)15-7-9-17(23)10-8-15/h3-12,14H,1-2H3,(H,24,26). The highest BCUT2D eigenvalue weighted by Gasteiger charge is 2.21. The number of furan rings is 1. The molecule has 1 unspecified atom stereocenters. The predicted octanol–water partition coefficient (Wildman–Crippen LogP) is 4.92. The van der Waals surface area contributed by atoms with Crippen molar-refractivity contribution >= 4 is 34.9 Å². The van der Waals surface area contributed by atoms with Gasteiger partial charge in [-0.25, -0.2) is 4.79 Å². The van der Waals surface area contributed by atoms with E-state index in [1.165, 1.54) is 25.3 Å². The summed E-state index contributed by atoms with van der Waals surface area (Å²) in [6, 6.07) is 14.2. The average Bonchev–Trinajstić information content (AvgIpc) is 3.24. The van der Waals surface area contributed by atoms with Gasteiger partial charge in [0.2, 0.25) is 5.78 Å². The van der Waals surface area contributed by atoms with Gasteiger partial charge in [-0.15, -0.1) is 0 Å². The third kappa shape index (κ3) is 4.92. The van der Waals surface area contributed by atoms with Crippen molar-refractivity contribution in [1.29, 1.82) is 0 Å². The highest BCUT2D eigenvalue weighted by Crippen LogP contribution is 2.20. The highest BCUT2D eigenvalue weighted by molar-refractivity contribution is 6.30. The minimum atomic E-state index is -0.980. The zero-order chi connectivity index (χ0) is 21.0. The van der Waals surface area contributed by atoms with Crippen LogP contribution in [0.25, 0.3) is 0 Å². The van der Waals surface area contributed by atoms with Crippen molar-refractivity contribution in [3.63, 3.8) is 0 Å². The molecule has 1 atom stereocenters. The number of halogens is 1. The van der Waals surface area contributed by atoms with Crippen LogP contribution in [0.5, 0.6) is 0 Å². The van der Waals surface area contributed by atoms with Crippen molar-refractivity contribution < 1.29 is 23.5 Å². The van der Waals surface area contributed by atoms with Crippen LogP contribution >= 0.6 is 11.6 Å². The molecule has 0 aliphatic rings. The first kappa shape index (κ1) is 20.4. The van der Waals surface area contributed by atoms with Crippen LogP contribution in [0.4, 0.5) is 5.69 Å². The summed E-state index contributed by atoms with van der Waals surface area (Å²) in [7, 11) is 0. The van der Waals surface area contributed by atoms with Gasteiger partial charge in [0, 0.05) is 16.3 Å². The maximum absolute atomic E-state index is 12.5. The number of hydrogen-bond donors (Lipinski definition) is 1. The molecule has 1 aromatic heterocycles. The van der Waals surface area contributed by atoms with Crippen molar-refractivity contribution in [2.75, 3.05) is 5.32 Å². The Kier molecular flexibility index (Phi) is 6.14. The molecular formula is C22H18ClNO5. The Bertz CT molecular complexity index is 1040. The summed E-state index contributed by atoms with van der Waals surface area (Å²) < 4.78 is 10.4. The molecule has 0 aliphatic carbocycles. The van der Waals surface area contributed by atoms with E-state index in [2.05, 4.69) is 5.32 Å². The number of carbonyl (C=O) groups excluding carboxylic acids is 3. The molecule has 0 bridgehead atoms. The number of ether oxygens (including phenoxy) is 1. The lowest BCUT2D eigenvalue weighted by molar-refractivity contribution is 0.0319. The average molecular weight is 412 g/mol. The first-order chi connectivity index (χ1) is 13.8. The van der Waals surface area contributed by atoms with Gasteiger partial charge in [-0.05, 0) is 67.9 Å². The van der Waals surface area contributed by atoms with E-state index >= 15 is 0 Å². The lowest BCUT2D eigenvalue weighted by atomic mass is 10.1. The van der Waals surface area contributed by atoms with Gasteiger partial charge in [-0.3, -0.25) is 9.59 Å². The number of hydrogen-bond acceptors (Lipinski definition) is 5. The van der Waals surface area contributed by atoms with Crippen LogP contribution < -0.4 is 5.32 Å². The largest absolute Gasteiger partial charge is 0.459 e. The SMILES string of the molecule is Cc1ccc(C(=O)OC(C)C(=O)c2ccc(Cl)cc2)cc1NC(=O)c1ccco1. The second kappa shape index (κ2) is 8.75. The lowest BCUT2D eigenvalue weighted by Gasteiger charge is -2.14. The van der Waals surface area contributed by atoms with E-state index in [0.717, 1.165) is 5.56 Å². The molecule has 0 spiro atoms. The molecule has 0 aliphatic heterocycles. The second-order valence-corrected chi connectivity index (χ2v) is 6.82. The summed E-state index contributed by atoms with van der Waals surface area (Å²) in [5.74, 6) is -1.30. The molecule has 29 heavy (non-hydrogen) atoms. The second-order valence-electron chi connectivity index (χ2n) is 6.38. The Morgan fingerprint density at radius 2 is 1.72 bits per heavy atom. The molecule has 0 saturated heterocycles. The molecule has 2 aromatic carbocycles. The minimum Gasteiger partial charge on any atom is -0.459 e. The van der Waals surface area contributed by atoms with Crippen molar-refractivity contribution in [2.24, 2.45) is 0 Å².